The van der Waals surface area contributed by atoms with Gasteiger partial charge in [-0.15, -0.1) is 0 Å². The van der Waals surface area contributed by atoms with Gasteiger partial charge in [-0.25, -0.2) is 0 Å². The van der Waals surface area contributed by atoms with Crippen LogP contribution in [0.4, 0.5) is 11.4 Å². The molecule has 0 radical (unpaired) electrons. The zero-order valence-corrected chi connectivity index (χ0v) is 18.8. The highest BCUT2D eigenvalue weighted by molar-refractivity contribution is 5.76. The van der Waals surface area contributed by atoms with Gasteiger partial charge in [-0.1, -0.05) is 30.8 Å². The summed E-state index contributed by atoms with van der Waals surface area (Å²) in [7, 11) is 0. The molecule has 0 amide bonds. The molecule has 4 aliphatic rings. The first-order valence-corrected chi connectivity index (χ1v) is 12.7. The summed E-state index contributed by atoms with van der Waals surface area (Å²) in [5.74, 6) is 4.17. The fourth-order valence-electron chi connectivity index (χ4n) is 7.28. The van der Waals surface area contributed by atoms with Crippen molar-refractivity contribution in [2.45, 2.75) is 95.6 Å². The fourth-order valence-corrected chi connectivity index (χ4v) is 7.28. The quantitative estimate of drug-likeness (QED) is 0.573. The maximum Gasteiger partial charge on any atom is 0.257 e. The van der Waals surface area contributed by atoms with Crippen LogP contribution in [-0.2, 0) is 0 Å². The fraction of sp³-hybridized carbons (Fsp3) is 0.692. The molecule has 4 saturated carbocycles. The molecule has 4 fully saturated rings. The molecule has 0 aliphatic heterocycles. The molecule has 2 N–H and O–H groups in total. The van der Waals surface area contributed by atoms with Crippen LogP contribution in [0.2, 0.25) is 0 Å². The smallest absolute Gasteiger partial charge is 0.257 e. The zero-order chi connectivity index (χ0) is 20.8. The number of aromatic nitrogens is 2. The van der Waals surface area contributed by atoms with Gasteiger partial charge in [-0.3, -0.25) is 0 Å². The van der Waals surface area contributed by atoms with Gasteiger partial charge >= 0.3 is 0 Å². The highest BCUT2D eigenvalue weighted by Gasteiger charge is 2.49. The van der Waals surface area contributed by atoms with Crippen molar-refractivity contribution < 1.29 is 4.52 Å². The van der Waals surface area contributed by atoms with Crippen molar-refractivity contribution in [3.63, 3.8) is 0 Å². The Bertz CT molecular complexity index is 929. The van der Waals surface area contributed by atoms with Crippen LogP contribution in [0.1, 0.15) is 82.9 Å². The number of rotatable bonds is 5. The molecular weight excluding hydrogens is 384 g/mol. The van der Waals surface area contributed by atoms with Gasteiger partial charge in [0.2, 0.25) is 0 Å². The van der Waals surface area contributed by atoms with E-state index in [4.69, 9.17) is 4.52 Å². The van der Waals surface area contributed by atoms with E-state index < -0.39 is 0 Å². The molecule has 1 aromatic heterocycles. The summed E-state index contributed by atoms with van der Waals surface area (Å²) >= 11 is 0. The van der Waals surface area contributed by atoms with E-state index >= 15 is 0 Å². The second-order valence-corrected chi connectivity index (χ2v) is 10.9. The molecule has 0 saturated heterocycles. The Labute approximate surface area is 185 Å². The average molecular weight is 421 g/mol. The molecule has 0 spiro atoms. The topological polar surface area (TPSA) is 63.0 Å². The Balaban J connectivity index is 1.31. The number of anilines is 2. The first kappa shape index (κ1) is 19.6. The second kappa shape index (κ2) is 7.83. The molecule has 1 aromatic carbocycles. The summed E-state index contributed by atoms with van der Waals surface area (Å²) < 4.78 is 5.47. The van der Waals surface area contributed by atoms with E-state index in [1.165, 1.54) is 88.4 Å². The second-order valence-electron chi connectivity index (χ2n) is 10.9. The first-order valence-electron chi connectivity index (χ1n) is 12.7. The van der Waals surface area contributed by atoms with Crippen molar-refractivity contribution >= 4 is 11.4 Å². The largest absolute Gasteiger partial charge is 0.381 e. The van der Waals surface area contributed by atoms with E-state index in [0.717, 1.165) is 23.3 Å². The molecule has 3 bridgehead atoms. The van der Waals surface area contributed by atoms with E-state index in [0.29, 0.717) is 17.8 Å². The normalized spacial score (nSPS) is 32.7. The van der Waals surface area contributed by atoms with E-state index in [1.807, 2.05) is 6.92 Å². The summed E-state index contributed by atoms with van der Waals surface area (Å²) in [6, 6.07) is 7.20. The minimum atomic E-state index is 0.288. The van der Waals surface area contributed by atoms with Crippen molar-refractivity contribution in [1.82, 2.24) is 10.1 Å². The van der Waals surface area contributed by atoms with Crippen LogP contribution < -0.4 is 10.6 Å². The lowest BCUT2D eigenvalue weighted by atomic mass is 9.54. The van der Waals surface area contributed by atoms with E-state index in [-0.39, 0.29) is 5.54 Å². The van der Waals surface area contributed by atoms with Crippen molar-refractivity contribution in [2.24, 2.45) is 17.8 Å². The van der Waals surface area contributed by atoms with E-state index in [2.05, 4.69) is 39.0 Å². The van der Waals surface area contributed by atoms with Crippen LogP contribution in [0.3, 0.4) is 0 Å². The summed E-state index contributed by atoms with van der Waals surface area (Å²) in [5.41, 5.74) is 3.78. The van der Waals surface area contributed by atoms with Crippen LogP contribution in [-0.4, -0.2) is 21.7 Å². The SMILES string of the molecule is Cc1noc(-c2ccc(NC34CCC5CCC(CC5C3)C4)c(NC3CCCCC3)c2)n1. The molecule has 1 heterocycles. The Kier molecular flexibility index (Phi) is 4.96. The number of fused-ring (bicyclic) bond motifs is 2. The minimum Gasteiger partial charge on any atom is -0.381 e. The predicted molar refractivity (Wildman–Crippen MR) is 124 cm³/mol. The third kappa shape index (κ3) is 3.85. The number of nitrogens with one attached hydrogen (secondary N) is 2. The number of aryl methyl sites for hydroxylation is 1. The van der Waals surface area contributed by atoms with Gasteiger partial charge in [-0.05, 0) is 94.2 Å². The summed E-state index contributed by atoms with van der Waals surface area (Å²) in [5, 5.41) is 12.0. The standard InChI is InChI=1S/C26H36N4O/c1-17-27-25(31-30-17)20-9-10-23(24(14-20)28-22-5-3-2-4-6-22)29-26-12-11-19-8-7-18(15-26)13-21(19)16-26/h9-10,14,18-19,21-22,28-29H,2-8,11-13,15-16H2,1H3. The Hall–Kier alpha value is -2.04. The van der Waals surface area contributed by atoms with Crippen molar-refractivity contribution in [2.75, 3.05) is 10.6 Å². The van der Waals surface area contributed by atoms with Gasteiger partial charge in [0.25, 0.3) is 5.89 Å². The van der Waals surface area contributed by atoms with Gasteiger partial charge in [-0.2, -0.15) is 4.98 Å². The highest BCUT2D eigenvalue weighted by atomic mass is 16.5. The third-order valence-electron chi connectivity index (χ3n) is 8.73. The molecule has 31 heavy (non-hydrogen) atoms. The van der Waals surface area contributed by atoms with Crippen LogP contribution >= 0.6 is 0 Å². The average Bonchev–Trinajstić information content (AvgIpc) is 3.21. The molecule has 4 atom stereocenters. The Morgan fingerprint density at radius 2 is 1.87 bits per heavy atom. The molecule has 4 unspecified atom stereocenters. The molecular formula is C26H36N4O. The first-order chi connectivity index (χ1) is 15.2. The van der Waals surface area contributed by atoms with Crippen LogP contribution in [0, 0.1) is 24.7 Å². The lowest BCUT2D eigenvalue weighted by molar-refractivity contribution is 0.0238. The maximum atomic E-state index is 5.47. The molecule has 6 rings (SSSR count). The van der Waals surface area contributed by atoms with Gasteiger partial charge in [0.1, 0.15) is 0 Å². The van der Waals surface area contributed by atoms with Crippen LogP contribution in [0.25, 0.3) is 11.5 Å². The summed E-state index contributed by atoms with van der Waals surface area (Å²) in [6.45, 7) is 1.87. The summed E-state index contributed by atoms with van der Waals surface area (Å²) in [6.07, 6.45) is 16.4. The number of nitrogens with zero attached hydrogens (tertiary/aromatic N) is 2. The van der Waals surface area contributed by atoms with Gasteiger partial charge in [0.05, 0.1) is 11.4 Å². The predicted octanol–water partition coefficient (Wildman–Crippen LogP) is 6.56. The third-order valence-corrected chi connectivity index (χ3v) is 8.73. The molecule has 5 nitrogen and oxygen atoms in total. The Morgan fingerprint density at radius 1 is 0.968 bits per heavy atom. The van der Waals surface area contributed by atoms with Crippen LogP contribution in [0.5, 0.6) is 0 Å². The van der Waals surface area contributed by atoms with Crippen molar-refractivity contribution in [1.29, 1.82) is 0 Å². The van der Waals surface area contributed by atoms with Crippen LogP contribution in [0.15, 0.2) is 22.7 Å². The number of benzene rings is 1. The zero-order valence-electron chi connectivity index (χ0n) is 18.8. The lowest BCUT2D eigenvalue weighted by Crippen LogP contribution is -2.52. The van der Waals surface area contributed by atoms with E-state index in [1.54, 1.807) is 0 Å². The minimum absolute atomic E-state index is 0.288. The van der Waals surface area contributed by atoms with Crippen molar-refractivity contribution in [3.05, 3.63) is 24.0 Å². The Morgan fingerprint density at radius 3 is 2.71 bits per heavy atom. The maximum absolute atomic E-state index is 5.47. The van der Waals surface area contributed by atoms with Gasteiger partial charge in [0, 0.05) is 17.1 Å². The van der Waals surface area contributed by atoms with Gasteiger partial charge < -0.3 is 15.2 Å². The molecule has 5 heteroatoms. The van der Waals surface area contributed by atoms with E-state index in [9.17, 15) is 0 Å². The lowest BCUT2D eigenvalue weighted by Gasteiger charge is -2.55. The highest BCUT2D eigenvalue weighted by Crippen LogP contribution is 2.55. The summed E-state index contributed by atoms with van der Waals surface area (Å²) in [4.78, 5) is 4.46. The molecule has 166 valence electrons. The van der Waals surface area contributed by atoms with Gasteiger partial charge in [0.15, 0.2) is 5.82 Å². The van der Waals surface area contributed by atoms with Crippen molar-refractivity contribution in [3.8, 4) is 11.5 Å². The molecule has 4 aliphatic carbocycles. The molecule has 2 aromatic rings. The monoisotopic (exact) mass is 420 g/mol. The number of hydrogen-bond acceptors (Lipinski definition) is 5. The number of hydrogen-bond donors (Lipinski definition) is 2.